The lowest BCUT2D eigenvalue weighted by Crippen LogP contribution is -2.43. The molecular formula is C21H20F3N5O. The van der Waals surface area contributed by atoms with Crippen LogP contribution in [0.4, 0.5) is 19.0 Å². The van der Waals surface area contributed by atoms with Gasteiger partial charge in [0.1, 0.15) is 5.82 Å². The molecule has 3 aromatic rings. The van der Waals surface area contributed by atoms with Gasteiger partial charge in [0.05, 0.1) is 16.8 Å². The zero-order chi connectivity index (χ0) is 21.1. The number of para-hydroxylation sites is 1. The van der Waals surface area contributed by atoms with Crippen LogP contribution >= 0.6 is 0 Å². The maximum Gasteiger partial charge on any atom is 0.417 e. The molecule has 4 rings (SSSR count). The number of amides is 1. The molecule has 0 radical (unpaired) electrons. The molecule has 156 valence electrons. The first-order valence-electron chi connectivity index (χ1n) is 9.61. The molecule has 0 bridgehead atoms. The molecule has 1 unspecified atom stereocenters. The average Bonchev–Trinajstić information content (AvgIpc) is 3.40. The van der Waals surface area contributed by atoms with Gasteiger partial charge in [0.25, 0.3) is 5.91 Å². The van der Waals surface area contributed by atoms with Gasteiger partial charge in [-0.2, -0.15) is 18.3 Å². The molecule has 30 heavy (non-hydrogen) atoms. The predicted molar refractivity (Wildman–Crippen MR) is 105 cm³/mol. The molecule has 0 aliphatic heterocycles. The normalized spacial score (nSPS) is 18.9. The first-order chi connectivity index (χ1) is 14.4. The van der Waals surface area contributed by atoms with Crippen molar-refractivity contribution >= 4 is 11.7 Å². The number of carbonyl (C=O) groups is 1. The van der Waals surface area contributed by atoms with Crippen LogP contribution in [-0.2, 0) is 6.18 Å². The minimum Gasteiger partial charge on any atom is -0.365 e. The number of benzene rings is 1. The summed E-state index contributed by atoms with van der Waals surface area (Å²) in [6.45, 7) is 0. The number of hydrogen-bond donors (Lipinski definition) is 2. The van der Waals surface area contributed by atoms with Crippen molar-refractivity contribution in [3.05, 3.63) is 72.2 Å². The van der Waals surface area contributed by atoms with Crippen LogP contribution in [0.3, 0.4) is 0 Å². The molecule has 2 N–H and O–H groups in total. The second-order valence-electron chi connectivity index (χ2n) is 7.16. The lowest BCUT2D eigenvalue weighted by Gasteiger charge is -2.23. The number of rotatable bonds is 5. The first-order valence-corrected chi connectivity index (χ1v) is 9.61. The van der Waals surface area contributed by atoms with Gasteiger partial charge in [-0.3, -0.25) is 4.79 Å². The van der Waals surface area contributed by atoms with Gasteiger partial charge in [-0.25, -0.2) is 9.67 Å². The predicted octanol–water partition coefficient (Wildman–Crippen LogP) is 4.05. The Bertz CT molecular complexity index is 1000. The van der Waals surface area contributed by atoms with Crippen molar-refractivity contribution < 1.29 is 18.0 Å². The van der Waals surface area contributed by atoms with Crippen LogP contribution in [0.25, 0.3) is 5.69 Å². The molecule has 1 aliphatic rings. The van der Waals surface area contributed by atoms with Gasteiger partial charge >= 0.3 is 6.18 Å². The number of carbonyl (C=O) groups excluding carboxylic acids is 1. The third kappa shape index (κ3) is 4.29. The summed E-state index contributed by atoms with van der Waals surface area (Å²) in [5.74, 6) is 0.131. The number of halogens is 3. The maximum absolute atomic E-state index is 12.9. The first kappa shape index (κ1) is 19.9. The van der Waals surface area contributed by atoms with E-state index in [1.807, 2.05) is 12.1 Å². The molecule has 0 spiro atoms. The minimum absolute atomic E-state index is 0.116. The van der Waals surface area contributed by atoms with E-state index in [4.69, 9.17) is 0 Å². The highest BCUT2D eigenvalue weighted by Gasteiger charge is 2.32. The summed E-state index contributed by atoms with van der Waals surface area (Å²) in [4.78, 5) is 16.8. The van der Waals surface area contributed by atoms with E-state index in [-0.39, 0.29) is 18.0 Å². The molecule has 9 heteroatoms. The van der Waals surface area contributed by atoms with Crippen molar-refractivity contribution in [2.75, 3.05) is 5.32 Å². The molecule has 1 saturated carbocycles. The van der Waals surface area contributed by atoms with Crippen molar-refractivity contribution in [3.8, 4) is 5.69 Å². The van der Waals surface area contributed by atoms with Crippen LogP contribution in [-0.4, -0.2) is 32.8 Å². The molecule has 1 aliphatic carbocycles. The molecule has 6 nitrogen and oxygen atoms in total. The number of hydrogen-bond acceptors (Lipinski definition) is 4. The summed E-state index contributed by atoms with van der Waals surface area (Å²) in [7, 11) is 0. The molecule has 0 saturated heterocycles. The van der Waals surface area contributed by atoms with Crippen molar-refractivity contribution in [1.29, 1.82) is 0 Å². The van der Waals surface area contributed by atoms with E-state index in [0.29, 0.717) is 17.1 Å². The average molecular weight is 415 g/mol. The lowest BCUT2D eigenvalue weighted by atomic mass is 10.1. The summed E-state index contributed by atoms with van der Waals surface area (Å²) < 4.78 is 39.8. The van der Waals surface area contributed by atoms with E-state index in [2.05, 4.69) is 20.7 Å². The second kappa shape index (κ2) is 8.17. The summed E-state index contributed by atoms with van der Waals surface area (Å²) in [5.41, 5.74) is 0.381. The fraction of sp³-hybridized carbons (Fsp3) is 0.286. The lowest BCUT2D eigenvalue weighted by molar-refractivity contribution is -0.137. The number of anilines is 1. The van der Waals surface area contributed by atoms with Crippen LogP contribution in [0, 0.1) is 0 Å². The fourth-order valence-corrected chi connectivity index (χ4v) is 3.67. The Labute approximate surface area is 171 Å². The van der Waals surface area contributed by atoms with Gasteiger partial charge in [-0.05, 0) is 49.6 Å². The highest BCUT2D eigenvalue weighted by molar-refractivity contribution is 5.98. The van der Waals surface area contributed by atoms with Crippen LogP contribution in [0.15, 0.2) is 61.1 Å². The highest BCUT2D eigenvalue weighted by atomic mass is 19.4. The summed E-state index contributed by atoms with van der Waals surface area (Å²) in [6.07, 6.45) is 2.25. The van der Waals surface area contributed by atoms with Gasteiger partial charge in [0, 0.05) is 30.7 Å². The van der Waals surface area contributed by atoms with Crippen molar-refractivity contribution in [2.45, 2.75) is 37.5 Å². The van der Waals surface area contributed by atoms with Crippen LogP contribution < -0.4 is 10.6 Å². The molecule has 2 aromatic heterocycles. The third-order valence-corrected chi connectivity index (χ3v) is 5.16. The fourth-order valence-electron chi connectivity index (χ4n) is 3.67. The highest BCUT2D eigenvalue weighted by Crippen LogP contribution is 2.29. The Hall–Kier alpha value is -3.36. The monoisotopic (exact) mass is 415 g/mol. The van der Waals surface area contributed by atoms with Gasteiger partial charge in [-0.15, -0.1) is 0 Å². The molecule has 1 aromatic carbocycles. The van der Waals surface area contributed by atoms with E-state index in [9.17, 15) is 18.0 Å². The third-order valence-electron chi connectivity index (χ3n) is 5.16. The van der Waals surface area contributed by atoms with Crippen molar-refractivity contribution in [2.24, 2.45) is 0 Å². The Morgan fingerprint density at radius 3 is 2.57 bits per heavy atom. The van der Waals surface area contributed by atoms with Gasteiger partial charge in [0.2, 0.25) is 0 Å². The summed E-state index contributed by atoms with van der Waals surface area (Å²) in [6, 6.07) is 11.0. The van der Waals surface area contributed by atoms with Crippen LogP contribution in [0.5, 0.6) is 0 Å². The largest absolute Gasteiger partial charge is 0.417 e. The Morgan fingerprint density at radius 1 is 1.07 bits per heavy atom. The van der Waals surface area contributed by atoms with E-state index in [1.165, 1.54) is 6.07 Å². The zero-order valence-corrected chi connectivity index (χ0v) is 15.9. The Balaban J connectivity index is 1.45. The SMILES string of the molecule is O=C(NC1CCC[C@@H]1Nc1ccc(C(F)(F)F)cn1)c1ccccc1-n1cccn1. The minimum atomic E-state index is -4.42. The van der Waals surface area contributed by atoms with E-state index in [1.54, 1.807) is 35.3 Å². The van der Waals surface area contributed by atoms with Gasteiger partial charge in [-0.1, -0.05) is 12.1 Å². The standard InChI is InChI=1S/C21H20F3N5O/c22-21(23,24)14-9-10-19(25-13-14)27-16-6-3-7-17(16)28-20(30)15-5-1-2-8-18(15)29-12-4-11-26-29/h1-2,4-5,8-13,16-17H,3,6-7H2,(H,25,27)(H,28,30)/t16-,17?/m0/s1. The summed E-state index contributed by atoms with van der Waals surface area (Å²) in [5, 5.41) is 10.4. The van der Waals surface area contributed by atoms with Crippen LogP contribution in [0.2, 0.25) is 0 Å². The summed E-state index contributed by atoms with van der Waals surface area (Å²) >= 11 is 0. The molecular weight excluding hydrogens is 395 g/mol. The van der Waals surface area contributed by atoms with Crippen LogP contribution in [0.1, 0.15) is 35.2 Å². The van der Waals surface area contributed by atoms with Crippen molar-refractivity contribution in [3.63, 3.8) is 0 Å². The molecule has 2 atom stereocenters. The Morgan fingerprint density at radius 2 is 1.87 bits per heavy atom. The van der Waals surface area contributed by atoms with E-state index < -0.39 is 11.7 Å². The van der Waals surface area contributed by atoms with Crippen molar-refractivity contribution in [1.82, 2.24) is 20.1 Å². The molecule has 1 amide bonds. The zero-order valence-electron chi connectivity index (χ0n) is 15.9. The quantitative estimate of drug-likeness (QED) is 0.660. The number of nitrogens with zero attached hydrogens (tertiary/aromatic N) is 3. The topological polar surface area (TPSA) is 71.8 Å². The number of nitrogens with one attached hydrogen (secondary N) is 2. The molecule has 2 heterocycles. The number of alkyl halides is 3. The maximum atomic E-state index is 12.9. The van der Waals surface area contributed by atoms with Gasteiger partial charge < -0.3 is 10.6 Å². The van der Waals surface area contributed by atoms with Gasteiger partial charge in [0.15, 0.2) is 0 Å². The Kier molecular flexibility index (Phi) is 5.43. The molecule has 1 fully saturated rings. The van der Waals surface area contributed by atoms with E-state index >= 15 is 0 Å². The number of pyridine rings is 1. The van der Waals surface area contributed by atoms with E-state index in [0.717, 1.165) is 31.5 Å². The number of aromatic nitrogens is 3. The second-order valence-corrected chi connectivity index (χ2v) is 7.16. The smallest absolute Gasteiger partial charge is 0.365 e.